The Balaban J connectivity index is 2.34. The fourth-order valence-electron chi connectivity index (χ4n) is 0.162. The topological polar surface area (TPSA) is 9.23 Å². The Morgan fingerprint density at radius 3 is 2.67 bits per heavy atom. The second kappa shape index (κ2) is 5.25. The van der Waals surface area contributed by atoms with E-state index in [2.05, 4.69) is 0 Å². The highest BCUT2D eigenvalue weighted by Gasteiger charge is 1.75. The monoisotopic (exact) mass is 107 g/mol. The lowest BCUT2D eigenvalue weighted by Gasteiger charge is -1.89. The van der Waals surface area contributed by atoms with Gasteiger partial charge in [0, 0.05) is 6.61 Å². The van der Waals surface area contributed by atoms with Crippen LogP contribution in [0.4, 0.5) is 0 Å². The fourth-order valence-corrected chi connectivity index (χ4v) is 0.251. The Kier molecular flexibility index (Phi) is 5.47. The van der Waals surface area contributed by atoms with Gasteiger partial charge in [0.15, 0.2) is 0 Å². The molecule has 0 atom stereocenters. The molecule has 0 amide bonds. The van der Waals surface area contributed by atoms with Gasteiger partial charge < -0.3 is 4.74 Å². The third-order valence-electron chi connectivity index (χ3n) is 0.348. The molecule has 0 saturated carbocycles. The van der Waals surface area contributed by atoms with Crippen molar-refractivity contribution in [1.82, 2.24) is 0 Å². The summed E-state index contributed by atoms with van der Waals surface area (Å²) in [6.45, 7) is 4.21. The van der Waals surface area contributed by atoms with E-state index in [9.17, 15) is 0 Å². The summed E-state index contributed by atoms with van der Waals surface area (Å²) in [4.78, 5) is 0. The molecular formula is C4H8ClO. The van der Waals surface area contributed by atoms with Crippen LogP contribution >= 0.6 is 11.6 Å². The van der Waals surface area contributed by atoms with E-state index in [0.717, 1.165) is 0 Å². The lowest BCUT2D eigenvalue weighted by molar-refractivity contribution is 0.223. The van der Waals surface area contributed by atoms with E-state index in [1.807, 2.05) is 6.92 Å². The Morgan fingerprint density at radius 2 is 2.50 bits per heavy atom. The molecule has 0 rings (SSSR count). The molecule has 2 heteroatoms. The molecule has 0 aromatic heterocycles. The summed E-state index contributed by atoms with van der Waals surface area (Å²) >= 11 is 5.20. The Bertz CT molecular complexity index is 19.5. The summed E-state index contributed by atoms with van der Waals surface area (Å²) < 4.78 is 4.73. The quantitative estimate of drug-likeness (QED) is 0.392. The zero-order valence-corrected chi connectivity index (χ0v) is 4.53. The normalized spacial score (nSPS) is 9.00. The van der Waals surface area contributed by atoms with Crippen LogP contribution in [0.15, 0.2) is 0 Å². The zero-order valence-electron chi connectivity index (χ0n) is 3.78. The van der Waals surface area contributed by atoms with Gasteiger partial charge in [0.1, 0.15) is 0 Å². The van der Waals surface area contributed by atoms with Crippen LogP contribution in [0.3, 0.4) is 0 Å². The molecule has 0 aromatic carbocycles. The van der Waals surface area contributed by atoms with Crippen molar-refractivity contribution in [1.29, 1.82) is 0 Å². The molecule has 0 fully saturated rings. The molecular weight excluding hydrogens is 99.5 g/mol. The molecule has 0 bridgehead atoms. The van der Waals surface area contributed by atoms with Gasteiger partial charge in [-0.15, -0.1) is 11.6 Å². The van der Waals surface area contributed by atoms with Gasteiger partial charge in [0.25, 0.3) is 0 Å². The molecule has 0 N–H and O–H groups in total. The maximum atomic E-state index is 5.20. The molecule has 0 unspecified atom stereocenters. The highest BCUT2D eigenvalue weighted by Crippen LogP contribution is 1.82. The molecule has 0 spiro atoms. The highest BCUT2D eigenvalue weighted by molar-refractivity contribution is 6.18. The summed E-state index contributed by atoms with van der Waals surface area (Å²) in [7, 11) is 0. The first-order valence-corrected chi connectivity index (χ1v) is 2.44. The van der Waals surface area contributed by atoms with Gasteiger partial charge in [-0.2, -0.15) is 0 Å². The van der Waals surface area contributed by atoms with E-state index in [4.69, 9.17) is 16.3 Å². The molecule has 0 saturated heterocycles. The molecule has 0 aromatic rings. The van der Waals surface area contributed by atoms with Crippen LogP contribution in [0.1, 0.15) is 6.92 Å². The number of ether oxygens (including phenoxy) is 1. The van der Waals surface area contributed by atoms with Crippen molar-refractivity contribution < 1.29 is 4.74 Å². The van der Waals surface area contributed by atoms with Crippen molar-refractivity contribution in [3.05, 3.63) is 6.61 Å². The van der Waals surface area contributed by atoms with Crippen molar-refractivity contribution in [3.8, 4) is 0 Å². The number of halogens is 1. The van der Waals surface area contributed by atoms with E-state index in [-0.39, 0.29) is 0 Å². The van der Waals surface area contributed by atoms with Gasteiger partial charge >= 0.3 is 0 Å². The summed E-state index contributed by atoms with van der Waals surface area (Å²) in [6.07, 6.45) is 0. The Labute approximate surface area is 43.3 Å². The molecule has 1 nitrogen and oxygen atoms in total. The van der Waals surface area contributed by atoms with Crippen LogP contribution < -0.4 is 0 Å². The third-order valence-corrected chi connectivity index (χ3v) is 0.474. The first-order valence-electron chi connectivity index (χ1n) is 1.91. The Morgan fingerprint density at radius 1 is 1.83 bits per heavy atom. The molecule has 6 heavy (non-hydrogen) atoms. The number of alkyl halides is 1. The van der Waals surface area contributed by atoms with E-state index >= 15 is 0 Å². The molecule has 0 aliphatic rings. The van der Waals surface area contributed by atoms with E-state index < -0.39 is 0 Å². The van der Waals surface area contributed by atoms with Gasteiger partial charge in [0.2, 0.25) is 0 Å². The Hall–Kier alpha value is 0.250. The molecule has 1 radical (unpaired) electrons. The minimum absolute atomic E-state index is 0.480. The molecule has 0 aliphatic heterocycles. The highest BCUT2D eigenvalue weighted by atomic mass is 35.5. The largest absolute Gasteiger partial charge is 0.375 e. The molecule has 37 valence electrons. The third kappa shape index (κ3) is 4.25. The van der Waals surface area contributed by atoms with Crippen LogP contribution in [0, 0.1) is 6.61 Å². The lowest BCUT2D eigenvalue weighted by Crippen LogP contribution is -1.84. The maximum absolute atomic E-state index is 5.20. The first-order chi connectivity index (χ1) is 2.91. The van der Waals surface area contributed by atoms with Gasteiger partial charge in [-0.1, -0.05) is 0 Å². The van der Waals surface area contributed by atoms with Gasteiger partial charge in [-0.05, 0) is 6.92 Å². The van der Waals surface area contributed by atoms with Crippen LogP contribution in [0.2, 0.25) is 0 Å². The van der Waals surface area contributed by atoms with Crippen molar-refractivity contribution in [3.63, 3.8) is 0 Å². The van der Waals surface area contributed by atoms with Gasteiger partial charge in [-0.3, -0.25) is 0 Å². The minimum Gasteiger partial charge on any atom is -0.375 e. The zero-order chi connectivity index (χ0) is 4.83. The average Bonchev–Trinajstić information content (AvgIpc) is 1.61. The standard InChI is InChI=1S/C4H8ClO/c1-2-6-4-3-5/h4H,2-3H2,1H3. The van der Waals surface area contributed by atoms with Crippen molar-refractivity contribution in [2.75, 3.05) is 12.5 Å². The summed E-state index contributed by atoms with van der Waals surface area (Å²) in [5.74, 6) is 0.480. The van der Waals surface area contributed by atoms with Crippen LogP contribution in [0.5, 0.6) is 0 Å². The predicted octanol–water partition coefficient (Wildman–Crippen LogP) is 1.42. The number of rotatable bonds is 3. The maximum Gasteiger partial charge on any atom is 0.0983 e. The van der Waals surface area contributed by atoms with Crippen molar-refractivity contribution >= 4 is 11.6 Å². The minimum atomic E-state index is 0.480. The summed E-state index contributed by atoms with van der Waals surface area (Å²) in [6, 6.07) is 0. The fraction of sp³-hybridized carbons (Fsp3) is 0.750. The first kappa shape index (κ1) is 6.25. The van der Waals surface area contributed by atoms with Crippen molar-refractivity contribution in [2.45, 2.75) is 6.92 Å². The van der Waals surface area contributed by atoms with Gasteiger partial charge in [0.05, 0.1) is 12.5 Å². The van der Waals surface area contributed by atoms with Gasteiger partial charge in [-0.25, -0.2) is 0 Å². The molecule has 0 heterocycles. The number of hydrogen-bond acceptors (Lipinski definition) is 1. The van der Waals surface area contributed by atoms with Crippen molar-refractivity contribution in [2.24, 2.45) is 0 Å². The SMILES string of the molecule is CCO[CH]CCl. The second-order valence-corrected chi connectivity index (χ2v) is 1.08. The van der Waals surface area contributed by atoms with Crippen LogP contribution in [0.25, 0.3) is 0 Å². The summed E-state index contributed by atoms with van der Waals surface area (Å²) in [5.41, 5.74) is 0. The second-order valence-electron chi connectivity index (χ2n) is 0.776. The van der Waals surface area contributed by atoms with Crippen LogP contribution in [-0.4, -0.2) is 12.5 Å². The van der Waals surface area contributed by atoms with E-state index in [0.29, 0.717) is 12.5 Å². The lowest BCUT2D eigenvalue weighted by atomic mass is 10.8. The number of hydrogen-bond donors (Lipinski definition) is 0. The predicted molar refractivity (Wildman–Crippen MR) is 26.6 cm³/mol. The summed E-state index contributed by atoms with van der Waals surface area (Å²) in [5, 5.41) is 0. The van der Waals surface area contributed by atoms with Crippen LogP contribution in [-0.2, 0) is 4.74 Å². The van der Waals surface area contributed by atoms with E-state index in [1.54, 1.807) is 6.61 Å². The average molecular weight is 108 g/mol. The smallest absolute Gasteiger partial charge is 0.0983 e. The molecule has 0 aliphatic carbocycles. The van der Waals surface area contributed by atoms with E-state index in [1.165, 1.54) is 0 Å².